The molecule has 0 amide bonds. The molecule has 0 saturated heterocycles. The molecule has 0 aliphatic carbocycles. The fourth-order valence-corrected chi connectivity index (χ4v) is 4.41. The van der Waals surface area contributed by atoms with Gasteiger partial charge in [-0.2, -0.15) is 0 Å². The van der Waals surface area contributed by atoms with Crippen molar-refractivity contribution in [2.75, 3.05) is 32.6 Å². The van der Waals surface area contributed by atoms with Crippen molar-refractivity contribution in [2.24, 2.45) is 4.99 Å². The molecule has 0 spiro atoms. The fraction of sp³-hybridized carbons (Fsp3) is 0.238. The molecule has 0 bridgehead atoms. The first-order valence-corrected chi connectivity index (χ1v) is 10.1. The van der Waals surface area contributed by atoms with E-state index in [1.807, 2.05) is 47.4 Å². The lowest BCUT2D eigenvalue weighted by molar-refractivity contribution is 0.174. The van der Waals surface area contributed by atoms with Crippen molar-refractivity contribution in [3.05, 3.63) is 61.6 Å². The van der Waals surface area contributed by atoms with Crippen LogP contribution >= 0.6 is 11.3 Å². The van der Waals surface area contributed by atoms with Crippen molar-refractivity contribution in [3.8, 4) is 23.0 Å². The van der Waals surface area contributed by atoms with Crippen molar-refractivity contribution in [1.29, 1.82) is 0 Å². The fourth-order valence-electron chi connectivity index (χ4n) is 3.45. The van der Waals surface area contributed by atoms with Gasteiger partial charge in [0.05, 0.1) is 18.8 Å². The molecule has 30 heavy (non-hydrogen) atoms. The molecule has 0 N–H and O–H groups in total. The van der Waals surface area contributed by atoms with Crippen LogP contribution < -0.4 is 38.7 Å². The summed E-state index contributed by atoms with van der Waals surface area (Å²) in [4.78, 5) is 20.3. The van der Waals surface area contributed by atoms with Crippen LogP contribution in [0.2, 0.25) is 0 Å². The van der Waals surface area contributed by atoms with Crippen LogP contribution in [0.5, 0.6) is 23.0 Å². The van der Waals surface area contributed by atoms with E-state index in [0.717, 1.165) is 17.0 Å². The smallest absolute Gasteiger partial charge is 0.271 e. The number of aromatic nitrogens is 1. The molecular weight excluding hydrogens is 406 g/mol. The van der Waals surface area contributed by atoms with Gasteiger partial charge in [-0.1, -0.05) is 17.4 Å². The Morgan fingerprint density at radius 3 is 2.73 bits per heavy atom. The molecule has 0 radical (unpaired) electrons. The topological polar surface area (TPSA) is 74.5 Å². The Balaban J connectivity index is 1.48. The zero-order valence-electron chi connectivity index (χ0n) is 16.5. The van der Waals surface area contributed by atoms with Crippen molar-refractivity contribution in [3.63, 3.8) is 0 Å². The quantitative estimate of drug-likeness (QED) is 0.631. The summed E-state index contributed by atoms with van der Waals surface area (Å²) < 4.78 is 23.8. The molecule has 0 fully saturated rings. The molecule has 0 unspecified atom stereocenters. The molecule has 9 heteroatoms. The number of fused-ring (bicyclic) bond motifs is 2. The maximum Gasteiger partial charge on any atom is 0.271 e. The molecular formula is C21H19N3O5S. The zero-order valence-corrected chi connectivity index (χ0v) is 17.3. The highest BCUT2D eigenvalue weighted by Crippen LogP contribution is 2.35. The number of ether oxygens (including phenoxy) is 4. The number of hydrogen-bond acceptors (Lipinski definition) is 8. The SMILES string of the molecule is COc1ccc(/C=c2/sc3n(c2=O)CN(c2ccc4c(c2)OCO4)CN=3)cc1OC. The monoisotopic (exact) mass is 425 g/mol. The molecule has 1 aromatic heterocycles. The molecule has 8 nitrogen and oxygen atoms in total. The number of hydrogen-bond donors (Lipinski definition) is 0. The molecule has 0 saturated carbocycles. The Labute approximate surface area is 175 Å². The van der Waals surface area contributed by atoms with Crippen molar-refractivity contribution in [1.82, 2.24) is 4.57 Å². The Morgan fingerprint density at radius 2 is 1.90 bits per heavy atom. The second-order valence-electron chi connectivity index (χ2n) is 6.76. The standard InChI is InChI=1S/C21H19N3O5S/c1-26-15-5-3-13(7-17(15)27-2)8-19-20(25)24-11-23(10-22-21(24)30-19)14-4-6-16-18(9-14)29-12-28-16/h3-9H,10-12H2,1-2H3/b19-8+. The van der Waals surface area contributed by atoms with Crippen LogP contribution in [-0.2, 0) is 6.67 Å². The summed E-state index contributed by atoms with van der Waals surface area (Å²) in [6.07, 6.45) is 1.85. The van der Waals surface area contributed by atoms with Crippen LogP contribution in [0, 0.1) is 0 Å². The van der Waals surface area contributed by atoms with Crippen LogP contribution in [0.15, 0.2) is 46.2 Å². The Hall–Kier alpha value is -3.46. The van der Waals surface area contributed by atoms with E-state index in [0.29, 0.717) is 39.9 Å². The molecule has 3 heterocycles. The number of benzene rings is 2. The highest BCUT2D eigenvalue weighted by Gasteiger charge is 2.19. The van der Waals surface area contributed by atoms with Crippen LogP contribution in [-0.4, -0.2) is 32.2 Å². The zero-order chi connectivity index (χ0) is 20.7. The average molecular weight is 425 g/mol. The van der Waals surface area contributed by atoms with Gasteiger partial charge in [0.15, 0.2) is 27.8 Å². The first-order valence-electron chi connectivity index (χ1n) is 9.29. The number of nitrogens with zero attached hydrogens (tertiary/aromatic N) is 3. The van der Waals surface area contributed by atoms with Gasteiger partial charge in [-0.15, -0.1) is 0 Å². The molecule has 3 aromatic rings. The second-order valence-corrected chi connectivity index (χ2v) is 7.77. The molecule has 5 rings (SSSR count). The predicted octanol–water partition coefficient (Wildman–Crippen LogP) is 1.54. The average Bonchev–Trinajstić information content (AvgIpc) is 3.37. The summed E-state index contributed by atoms with van der Waals surface area (Å²) in [6, 6.07) is 11.3. The molecule has 2 aliphatic rings. The maximum absolute atomic E-state index is 13.0. The van der Waals surface area contributed by atoms with E-state index in [2.05, 4.69) is 4.99 Å². The minimum absolute atomic E-state index is 0.0704. The van der Waals surface area contributed by atoms with Gasteiger partial charge < -0.3 is 23.8 Å². The lowest BCUT2D eigenvalue weighted by atomic mass is 10.2. The van der Waals surface area contributed by atoms with Gasteiger partial charge in [-0.3, -0.25) is 9.36 Å². The normalized spacial score (nSPS) is 15.0. The second kappa shape index (κ2) is 7.42. The summed E-state index contributed by atoms with van der Waals surface area (Å²) in [5.41, 5.74) is 1.72. The van der Waals surface area contributed by atoms with E-state index in [4.69, 9.17) is 18.9 Å². The number of thiazole rings is 1. The highest BCUT2D eigenvalue weighted by atomic mass is 32.1. The molecule has 154 valence electrons. The summed E-state index contributed by atoms with van der Waals surface area (Å²) in [7, 11) is 3.18. The van der Waals surface area contributed by atoms with E-state index in [9.17, 15) is 4.79 Å². The van der Waals surface area contributed by atoms with Gasteiger partial charge in [0.1, 0.15) is 13.3 Å². The predicted molar refractivity (Wildman–Crippen MR) is 112 cm³/mol. The van der Waals surface area contributed by atoms with Gasteiger partial charge in [0.2, 0.25) is 6.79 Å². The lowest BCUT2D eigenvalue weighted by Crippen LogP contribution is -2.42. The Morgan fingerprint density at radius 1 is 1.07 bits per heavy atom. The summed E-state index contributed by atoms with van der Waals surface area (Å²) in [5, 5.41) is 0. The van der Waals surface area contributed by atoms with E-state index in [1.54, 1.807) is 18.8 Å². The molecule has 2 aliphatic heterocycles. The third-order valence-corrected chi connectivity index (χ3v) is 6.05. The van der Waals surface area contributed by atoms with Crippen LogP contribution in [0.25, 0.3) is 6.08 Å². The number of rotatable bonds is 4. The minimum atomic E-state index is -0.0704. The summed E-state index contributed by atoms with van der Waals surface area (Å²) >= 11 is 1.38. The Bertz CT molecular complexity index is 1300. The van der Waals surface area contributed by atoms with E-state index >= 15 is 0 Å². The summed E-state index contributed by atoms with van der Waals surface area (Å²) in [6.45, 7) is 1.12. The van der Waals surface area contributed by atoms with Crippen molar-refractivity contribution >= 4 is 23.1 Å². The number of methoxy groups -OCH3 is 2. The summed E-state index contributed by atoms with van der Waals surface area (Å²) in [5.74, 6) is 2.70. The van der Waals surface area contributed by atoms with Crippen LogP contribution in [0.3, 0.4) is 0 Å². The van der Waals surface area contributed by atoms with Crippen LogP contribution in [0.4, 0.5) is 5.69 Å². The van der Waals surface area contributed by atoms with Gasteiger partial charge in [-0.25, -0.2) is 4.99 Å². The third-order valence-electron chi connectivity index (χ3n) is 5.00. The molecule has 2 aromatic carbocycles. The third kappa shape index (κ3) is 3.17. The largest absolute Gasteiger partial charge is 0.493 e. The first-order chi connectivity index (χ1) is 14.7. The maximum atomic E-state index is 13.0. The van der Waals surface area contributed by atoms with E-state index in [-0.39, 0.29) is 12.4 Å². The van der Waals surface area contributed by atoms with Crippen LogP contribution in [0.1, 0.15) is 5.56 Å². The lowest BCUT2D eigenvalue weighted by Gasteiger charge is -2.25. The van der Waals surface area contributed by atoms with E-state index in [1.165, 1.54) is 11.3 Å². The van der Waals surface area contributed by atoms with Gasteiger partial charge in [0, 0.05) is 11.8 Å². The minimum Gasteiger partial charge on any atom is -0.493 e. The van der Waals surface area contributed by atoms with Gasteiger partial charge in [-0.05, 0) is 35.9 Å². The first kappa shape index (κ1) is 18.6. The van der Waals surface area contributed by atoms with Crippen molar-refractivity contribution in [2.45, 2.75) is 6.67 Å². The number of anilines is 1. The highest BCUT2D eigenvalue weighted by molar-refractivity contribution is 7.07. The Kier molecular flexibility index (Phi) is 4.59. The van der Waals surface area contributed by atoms with Crippen molar-refractivity contribution < 1.29 is 18.9 Å². The van der Waals surface area contributed by atoms with E-state index < -0.39 is 0 Å². The molecule has 0 atom stereocenters. The van der Waals surface area contributed by atoms with Gasteiger partial charge >= 0.3 is 0 Å². The van der Waals surface area contributed by atoms with Gasteiger partial charge in [0.25, 0.3) is 5.56 Å².